The maximum absolute atomic E-state index is 14.8. The number of halogens is 2. The second-order valence-corrected chi connectivity index (χ2v) is 8.60. The zero-order chi connectivity index (χ0) is 20.8. The van der Waals surface area contributed by atoms with E-state index in [1.807, 2.05) is 48.1 Å². The van der Waals surface area contributed by atoms with Gasteiger partial charge in [-0.25, -0.2) is 13.8 Å². The van der Waals surface area contributed by atoms with Gasteiger partial charge in [0.15, 0.2) is 0 Å². The number of imidazole rings is 1. The van der Waals surface area contributed by atoms with Gasteiger partial charge in [0.2, 0.25) is 0 Å². The number of aromatic nitrogens is 3. The first-order chi connectivity index (χ1) is 14.6. The number of pyridine rings is 1. The van der Waals surface area contributed by atoms with Gasteiger partial charge in [-0.3, -0.25) is 4.98 Å². The van der Waals surface area contributed by atoms with Crippen molar-refractivity contribution in [2.75, 3.05) is 6.26 Å². The summed E-state index contributed by atoms with van der Waals surface area (Å²) < 4.78 is 31.7. The Kier molecular flexibility index (Phi) is 4.82. The molecule has 30 heavy (non-hydrogen) atoms. The Bertz CT molecular complexity index is 1220. The van der Waals surface area contributed by atoms with Crippen molar-refractivity contribution in [1.82, 2.24) is 14.5 Å². The van der Waals surface area contributed by atoms with Crippen molar-refractivity contribution in [3.63, 3.8) is 0 Å². The molecule has 1 saturated carbocycles. The monoisotopic (exact) mass is 421 g/mol. The summed E-state index contributed by atoms with van der Waals surface area (Å²) in [7, 11) is 0. The maximum atomic E-state index is 14.8. The van der Waals surface area contributed by atoms with E-state index in [4.69, 9.17) is 4.98 Å². The van der Waals surface area contributed by atoms with E-state index in [-0.39, 0.29) is 12.1 Å². The average molecular weight is 422 g/mol. The first-order valence-electron chi connectivity index (χ1n) is 10.00. The molecular formula is C24H21F2N3S. The molecule has 6 heteroatoms. The van der Waals surface area contributed by atoms with Crippen LogP contribution in [0.4, 0.5) is 8.78 Å². The summed E-state index contributed by atoms with van der Waals surface area (Å²) in [6, 6.07) is 12.8. The number of nitrogens with zero attached hydrogens (tertiary/aromatic N) is 3. The van der Waals surface area contributed by atoms with Gasteiger partial charge < -0.3 is 4.57 Å². The normalized spacial score (nSPS) is 13.9. The van der Waals surface area contributed by atoms with Crippen LogP contribution < -0.4 is 0 Å². The van der Waals surface area contributed by atoms with E-state index in [2.05, 4.69) is 4.98 Å². The number of benzene rings is 2. The largest absolute Gasteiger partial charge is 0.322 e. The molecule has 1 aliphatic rings. The van der Waals surface area contributed by atoms with Gasteiger partial charge in [-0.15, -0.1) is 11.8 Å². The molecule has 2 aromatic carbocycles. The summed E-state index contributed by atoms with van der Waals surface area (Å²) in [5.74, 6) is 0.185. The van der Waals surface area contributed by atoms with Crippen LogP contribution in [0.15, 0.2) is 53.6 Å². The molecule has 0 atom stereocenters. The lowest BCUT2D eigenvalue weighted by Crippen LogP contribution is -2.09. The molecule has 5 rings (SSSR count). The second kappa shape index (κ2) is 7.51. The van der Waals surface area contributed by atoms with Gasteiger partial charge in [-0.1, -0.05) is 30.3 Å². The summed E-state index contributed by atoms with van der Waals surface area (Å²) in [6.45, 7) is 2.07. The van der Waals surface area contributed by atoms with Crippen LogP contribution in [-0.2, 0) is 6.54 Å². The fourth-order valence-corrected chi connectivity index (χ4v) is 4.45. The quantitative estimate of drug-likeness (QED) is 0.353. The predicted octanol–water partition coefficient (Wildman–Crippen LogP) is 6.33. The summed E-state index contributed by atoms with van der Waals surface area (Å²) in [4.78, 5) is 9.98. The van der Waals surface area contributed by atoms with Gasteiger partial charge >= 0.3 is 0 Å². The number of thioether (sulfide) groups is 1. The molecule has 1 aliphatic carbocycles. The lowest BCUT2D eigenvalue weighted by atomic mass is 10.0. The molecule has 2 aromatic heterocycles. The molecule has 0 N–H and O–H groups in total. The fourth-order valence-electron chi connectivity index (χ4n) is 4.01. The predicted molar refractivity (Wildman–Crippen MR) is 117 cm³/mol. The van der Waals surface area contributed by atoms with Gasteiger partial charge in [0.1, 0.15) is 23.0 Å². The van der Waals surface area contributed by atoms with Crippen molar-refractivity contribution in [3.8, 4) is 11.1 Å². The van der Waals surface area contributed by atoms with Crippen LogP contribution >= 0.6 is 11.8 Å². The van der Waals surface area contributed by atoms with Gasteiger partial charge in [0, 0.05) is 27.6 Å². The van der Waals surface area contributed by atoms with Crippen molar-refractivity contribution in [2.45, 2.75) is 37.1 Å². The van der Waals surface area contributed by atoms with E-state index in [1.165, 1.54) is 23.9 Å². The minimum Gasteiger partial charge on any atom is -0.322 e. The Morgan fingerprint density at radius 1 is 1.10 bits per heavy atom. The molecule has 0 spiro atoms. The van der Waals surface area contributed by atoms with Crippen LogP contribution in [0.3, 0.4) is 0 Å². The highest BCUT2D eigenvalue weighted by Gasteiger charge is 2.31. The van der Waals surface area contributed by atoms with E-state index in [0.717, 1.165) is 46.5 Å². The molecule has 0 unspecified atom stereocenters. The van der Waals surface area contributed by atoms with Crippen LogP contribution in [0.25, 0.3) is 22.2 Å². The van der Waals surface area contributed by atoms with Crippen molar-refractivity contribution in [2.24, 2.45) is 0 Å². The third-order valence-corrected chi connectivity index (χ3v) is 6.38. The molecule has 0 saturated heterocycles. The average Bonchev–Trinajstić information content (AvgIpc) is 3.53. The summed E-state index contributed by atoms with van der Waals surface area (Å²) >= 11 is 1.33. The number of rotatable bonds is 5. The number of hydrogen-bond acceptors (Lipinski definition) is 3. The first kappa shape index (κ1) is 19.2. The molecular weight excluding hydrogens is 400 g/mol. The number of fused-ring (bicyclic) bond motifs is 1. The first-order valence-corrected chi connectivity index (χ1v) is 11.2. The van der Waals surface area contributed by atoms with Crippen LogP contribution in [0.2, 0.25) is 0 Å². The standard InChI is InChI=1S/C24H21F2N3S/c1-14-22(15-6-4-3-5-7-15)23-21(12-27-14)28-24(16-8-9-16)29(23)13-18-19(25)10-17(30-2)11-20(18)26/h3-7,10-12,16H,8-9,13H2,1-2H3. The maximum Gasteiger partial charge on any atom is 0.132 e. The zero-order valence-corrected chi connectivity index (χ0v) is 17.6. The van der Waals surface area contributed by atoms with Crippen LogP contribution in [0, 0.1) is 18.6 Å². The van der Waals surface area contributed by atoms with Gasteiger partial charge in [0.05, 0.1) is 18.3 Å². The smallest absolute Gasteiger partial charge is 0.132 e. The van der Waals surface area contributed by atoms with E-state index in [0.29, 0.717) is 10.8 Å². The van der Waals surface area contributed by atoms with Crippen molar-refractivity contribution in [1.29, 1.82) is 0 Å². The summed E-state index contributed by atoms with van der Waals surface area (Å²) in [6.07, 6.45) is 5.67. The molecule has 0 bridgehead atoms. The Balaban J connectivity index is 1.75. The van der Waals surface area contributed by atoms with E-state index < -0.39 is 11.6 Å². The summed E-state index contributed by atoms with van der Waals surface area (Å²) in [5.41, 5.74) is 4.59. The Morgan fingerprint density at radius 2 is 1.80 bits per heavy atom. The second-order valence-electron chi connectivity index (χ2n) is 7.72. The topological polar surface area (TPSA) is 30.7 Å². The van der Waals surface area contributed by atoms with Crippen LogP contribution in [0.1, 0.15) is 35.8 Å². The molecule has 0 amide bonds. The summed E-state index contributed by atoms with van der Waals surface area (Å²) in [5, 5.41) is 0. The van der Waals surface area contributed by atoms with E-state index in [1.54, 1.807) is 6.20 Å². The van der Waals surface area contributed by atoms with Crippen LogP contribution in [-0.4, -0.2) is 20.8 Å². The van der Waals surface area contributed by atoms with Gasteiger partial charge in [-0.05, 0) is 43.7 Å². The molecule has 0 radical (unpaired) electrons. The Labute approximate surface area is 178 Å². The molecule has 1 fully saturated rings. The highest BCUT2D eigenvalue weighted by molar-refractivity contribution is 7.98. The zero-order valence-electron chi connectivity index (χ0n) is 16.8. The Hall–Kier alpha value is -2.73. The minimum absolute atomic E-state index is 0.0717. The lowest BCUT2D eigenvalue weighted by molar-refractivity contribution is 0.538. The third-order valence-electron chi connectivity index (χ3n) is 5.67. The number of hydrogen-bond donors (Lipinski definition) is 0. The lowest BCUT2D eigenvalue weighted by Gasteiger charge is -2.15. The Morgan fingerprint density at radius 3 is 2.43 bits per heavy atom. The van der Waals surface area contributed by atoms with Gasteiger partial charge in [-0.2, -0.15) is 0 Å². The van der Waals surface area contributed by atoms with E-state index >= 15 is 0 Å². The highest BCUT2D eigenvalue weighted by atomic mass is 32.2. The molecule has 0 aliphatic heterocycles. The van der Waals surface area contributed by atoms with E-state index in [9.17, 15) is 8.78 Å². The molecule has 2 heterocycles. The SMILES string of the molecule is CSc1cc(F)c(Cn2c(C3CC3)nc3cnc(C)c(-c4ccccc4)c32)c(F)c1. The third kappa shape index (κ3) is 3.29. The van der Waals surface area contributed by atoms with Gasteiger partial charge in [0.25, 0.3) is 0 Å². The molecule has 152 valence electrons. The van der Waals surface area contributed by atoms with Crippen molar-refractivity contribution >= 4 is 22.8 Å². The molecule has 4 aromatic rings. The molecule has 3 nitrogen and oxygen atoms in total. The van der Waals surface area contributed by atoms with Crippen molar-refractivity contribution in [3.05, 3.63) is 77.4 Å². The number of aryl methyl sites for hydroxylation is 1. The minimum atomic E-state index is -0.519. The van der Waals surface area contributed by atoms with Crippen LogP contribution in [0.5, 0.6) is 0 Å². The fraction of sp³-hybridized carbons (Fsp3) is 0.250. The van der Waals surface area contributed by atoms with Crippen molar-refractivity contribution < 1.29 is 8.78 Å². The highest BCUT2D eigenvalue weighted by Crippen LogP contribution is 2.43.